The fourth-order valence-corrected chi connectivity index (χ4v) is 3.49. The van der Waals surface area contributed by atoms with Crippen LogP contribution < -0.4 is 9.64 Å². The van der Waals surface area contributed by atoms with E-state index in [1.807, 2.05) is 24.3 Å². The number of hydrogen-bond donors (Lipinski definition) is 0. The molecule has 1 fully saturated rings. The largest absolute Gasteiger partial charge is 0.497 e. The van der Waals surface area contributed by atoms with Gasteiger partial charge in [0.05, 0.1) is 17.7 Å². The first-order chi connectivity index (χ1) is 12.1. The first-order valence-corrected chi connectivity index (χ1v) is 8.76. The number of likely N-dealkylation sites (N-methyl/N-ethyl adjacent to an activating group) is 1. The fraction of sp³-hybridized carbons (Fsp3) is 0.350. The Bertz CT molecular complexity index is 770. The smallest absolute Gasteiger partial charge is 0.118 e. The Balaban J connectivity index is 1.61. The molecule has 130 valence electrons. The van der Waals surface area contributed by atoms with Gasteiger partial charge in [-0.05, 0) is 49.4 Å². The van der Waals surface area contributed by atoms with Gasteiger partial charge in [0.2, 0.25) is 0 Å². The molecule has 1 aliphatic heterocycles. The number of methoxy groups -OCH3 is 1. The highest BCUT2D eigenvalue weighted by Crippen LogP contribution is 2.27. The van der Waals surface area contributed by atoms with Gasteiger partial charge in [-0.25, -0.2) is 0 Å². The minimum absolute atomic E-state index is 0.497. The molecule has 2 aromatic rings. The number of benzene rings is 2. The van der Waals surface area contributed by atoms with E-state index in [1.54, 1.807) is 13.2 Å². The van der Waals surface area contributed by atoms with Crippen molar-refractivity contribution in [3.63, 3.8) is 0 Å². The molecule has 0 spiro atoms. The summed E-state index contributed by atoms with van der Waals surface area (Å²) in [6.07, 6.45) is 1.12. The van der Waals surface area contributed by atoms with E-state index in [9.17, 15) is 0 Å². The van der Waals surface area contributed by atoms with Crippen molar-refractivity contribution in [3.8, 4) is 11.8 Å². The molecular formula is C20H22ClN3O. The Morgan fingerprint density at radius 1 is 1.28 bits per heavy atom. The van der Waals surface area contributed by atoms with Crippen LogP contribution in [-0.4, -0.2) is 38.2 Å². The van der Waals surface area contributed by atoms with Crippen molar-refractivity contribution in [2.75, 3.05) is 32.1 Å². The summed E-state index contributed by atoms with van der Waals surface area (Å²) in [6, 6.07) is 16.5. The van der Waals surface area contributed by atoms with E-state index in [4.69, 9.17) is 21.6 Å². The van der Waals surface area contributed by atoms with Gasteiger partial charge in [-0.2, -0.15) is 5.26 Å². The topological polar surface area (TPSA) is 39.5 Å². The fourth-order valence-electron chi connectivity index (χ4n) is 3.28. The summed E-state index contributed by atoms with van der Waals surface area (Å²) in [7, 11) is 3.85. The monoisotopic (exact) mass is 355 g/mol. The molecular weight excluding hydrogens is 334 g/mol. The molecule has 25 heavy (non-hydrogen) atoms. The second-order valence-electron chi connectivity index (χ2n) is 6.43. The molecule has 1 saturated heterocycles. The van der Waals surface area contributed by atoms with E-state index in [-0.39, 0.29) is 0 Å². The molecule has 3 rings (SSSR count). The van der Waals surface area contributed by atoms with Crippen LogP contribution in [0.2, 0.25) is 5.02 Å². The molecule has 2 aromatic carbocycles. The number of nitrogens with zero attached hydrogens (tertiary/aromatic N) is 3. The van der Waals surface area contributed by atoms with Crippen LogP contribution in [0.15, 0.2) is 42.5 Å². The van der Waals surface area contributed by atoms with Gasteiger partial charge in [-0.15, -0.1) is 0 Å². The molecule has 0 N–H and O–H groups in total. The van der Waals surface area contributed by atoms with Crippen molar-refractivity contribution in [1.29, 1.82) is 5.26 Å². The molecule has 0 saturated carbocycles. The van der Waals surface area contributed by atoms with E-state index in [2.05, 4.69) is 35.0 Å². The first-order valence-electron chi connectivity index (χ1n) is 8.38. The SMILES string of the molecule is COc1ccc(CN(C)C2CCN(c3ccc(C#N)c(Cl)c3)C2)cc1. The Morgan fingerprint density at radius 2 is 2.04 bits per heavy atom. The molecule has 1 aliphatic rings. The molecule has 1 atom stereocenters. The van der Waals surface area contributed by atoms with Crippen molar-refractivity contribution < 1.29 is 4.74 Å². The third-order valence-corrected chi connectivity index (χ3v) is 5.13. The maximum atomic E-state index is 9.00. The minimum atomic E-state index is 0.497. The zero-order valence-electron chi connectivity index (χ0n) is 14.6. The van der Waals surface area contributed by atoms with Crippen LogP contribution in [0, 0.1) is 11.3 Å². The van der Waals surface area contributed by atoms with Gasteiger partial charge >= 0.3 is 0 Å². The molecule has 0 aromatic heterocycles. The lowest BCUT2D eigenvalue weighted by Gasteiger charge is -2.25. The van der Waals surface area contributed by atoms with Crippen molar-refractivity contribution in [1.82, 2.24) is 4.90 Å². The zero-order valence-corrected chi connectivity index (χ0v) is 15.3. The number of nitriles is 1. The second kappa shape index (κ2) is 7.77. The average Bonchev–Trinajstić information content (AvgIpc) is 3.12. The Kier molecular flexibility index (Phi) is 5.47. The maximum absolute atomic E-state index is 9.00. The summed E-state index contributed by atoms with van der Waals surface area (Å²) >= 11 is 6.17. The third kappa shape index (κ3) is 4.07. The zero-order chi connectivity index (χ0) is 17.8. The summed E-state index contributed by atoms with van der Waals surface area (Å²) in [5.41, 5.74) is 2.89. The van der Waals surface area contributed by atoms with Crippen LogP contribution in [0.3, 0.4) is 0 Å². The minimum Gasteiger partial charge on any atom is -0.497 e. The summed E-state index contributed by atoms with van der Waals surface area (Å²) in [5.74, 6) is 0.885. The lowest BCUT2D eigenvalue weighted by atomic mass is 10.1. The van der Waals surface area contributed by atoms with Gasteiger partial charge in [-0.1, -0.05) is 23.7 Å². The van der Waals surface area contributed by atoms with Gasteiger partial charge in [0.15, 0.2) is 0 Å². The summed E-state index contributed by atoms with van der Waals surface area (Å²) < 4.78 is 5.21. The van der Waals surface area contributed by atoms with E-state index in [0.29, 0.717) is 16.6 Å². The second-order valence-corrected chi connectivity index (χ2v) is 6.83. The maximum Gasteiger partial charge on any atom is 0.118 e. The third-order valence-electron chi connectivity index (χ3n) is 4.82. The quantitative estimate of drug-likeness (QED) is 0.814. The normalized spacial score (nSPS) is 16.9. The van der Waals surface area contributed by atoms with E-state index in [1.165, 1.54) is 5.56 Å². The van der Waals surface area contributed by atoms with Crippen molar-refractivity contribution >= 4 is 17.3 Å². The molecule has 0 amide bonds. The van der Waals surface area contributed by atoms with Gasteiger partial charge in [0.25, 0.3) is 0 Å². The van der Waals surface area contributed by atoms with Crippen molar-refractivity contribution in [3.05, 3.63) is 58.6 Å². The van der Waals surface area contributed by atoms with Crippen LogP contribution >= 0.6 is 11.6 Å². The number of halogens is 1. The van der Waals surface area contributed by atoms with Gasteiger partial charge in [0, 0.05) is 31.4 Å². The molecule has 1 heterocycles. The number of hydrogen-bond acceptors (Lipinski definition) is 4. The van der Waals surface area contributed by atoms with Crippen LogP contribution in [0.25, 0.3) is 0 Å². The van der Waals surface area contributed by atoms with Crippen molar-refractivity contribution in [2.24, 2.45) is 0 Å². The van der Waals surface area contributed by atoms with E-state index >= 15 is 0 Å². The molecule has 0 aliphatic carbocycles. The summed E-state index contributed by atoms with van der Waals surface area (Å²) in [5, 5.41) is 9.52. The molecule has 1 unspecified atom stereocenters. The molecule has 5 heteroatoms. The lowest BCUT2D eigenvalue weighted by Crippen LogP contribution is -2.34. The van der Waals surface area contributed by atoms with E-state index < -0.39 is 0 Å². The highest BCUT2D eigenvalue weighted by atomic mass is 35.5. The summed E-state index contributed by atoms with van der Waals surface area (Å²) in [6.45, 7) is 2.88. The van der Waals surface area contributed by atoms with E-state index in [0.717, 1.165) is 37.5 Å². The highest BCUT2D eigenvalue weighted by Gasteiger charge is 2.26. The van der Waals surface area contributed by atoms with Crippen molar-refractivity contribution in [2.45, 2.75) is 19.0 Å². The number of ether oxygens (including phenoxy) is 1. The van der Waals surface area contributed by atoms with Crippen LogP contribution in [0.5, 0.6) is 5.75 Å². The standard InChI is InChI=1S/C20H22ClN3O/c1-23(13-15-3-7-19(25-2)8-4-15)18-9-10-24(14-18)17-6-5-16(12-22)20(21)11-17/h3-8,11,18H,9-10,13-14H2,1-2H3. The van der Waals surface area contributed by atoms with Crippen LogP contribution in [0.1, 0.15) is 17.5 Å². The Labute approximate surface area is 154 Å². The predicted octanol–water partition coefficient (Wildman–Crippen LogP) is 3.93. The van der Waals surface area contributed by atoms with Crippen LogP contribution in [-0.2, 0) is 6.54 Å². The predicted molar refractivity (Wildman–Crippen MR) is 101 cm³/mol. The molecule has 0 bridgehead atoms. The van der Waals surface area contributed by atoms with Crippen LogP contribution in [0.4, 0.5) is 5.69 Å². The molecule has 0 radical (unpaired) electrons. The summed E-state index contributed by atoms with van der Waals surface area (Å²) in [4.78, 5) is 4.73. The first kappa shape index (κ1) is 17.6. The Hall–Kier alpha value is -2.22. The average molecular weight is 356 g/mol. The Morgan fingerprint density at radius 3 is 2.68 bits per heavy atom. The highest BCUT2D eigenvalue weighted by molar-refractivity contribution is 6.32. The van der Waals surface area contributed by atoms with Gasteiger partial charge in [0.1, 0.15) is 11.8 Å². The molecule has 4 nitrogen and oxygen atoms in total. The lowest BCUT2D eigenvalue weighted by molar-refractivity contribution is 0.250. The number of anilines is 1. The van der Waals surface area contributed by atoms with Gasteiger partial charge < -0.3 is 9.64 Å². The van der Waals surface area contributed by atoms with Gasteiger partial charge in [-0.3, -0.25) is 4.90 Å². The number of rotatable bonds is 5.